The Balaban J connectivity index is 1.94. The van der Waals surface area contributed by atoms with Gasteiger partial charge >= 0.3 is 0 Å². The van der Waals surface area contributed by atoms with Crippen molar-refractivity contribution in [2.45, 2.75) is 26.4 Å². The Morgan fingerprint density at radius 3 is 2.39 bits per heavy atom. The standard InChI is InChI=1S/C17H19ClN2O2S/c1-11(20(3)10-15-8-9-16(18)23-15)17(22)19-14-6-4-13(5-7-14)12(2)21/h4-9,11H,10H2,1-3H3,(H,19,22). The van der Waals surface area contributed by atoms with E-state index >= 15 is 0 Å². The van der Waals surface area contributed by atoms with Crippen molar-refractivity contribution in [3.63, 3.8) is 0 Å². The number of benzene rings is 1. The van der Waals surface area contributed by atoms with E-state index in [-0.39, 0.29) is 17.7 Å². The fraction of sp³-hybridized carbons (Fsp3) is 0.294. The van der Waals surface area contributed by atoms with Gasteiger partial charge in [-0.05, 0) is 57.3 Å². The number of likely N-dealkylation sites (N-methyl/N-ethyl adjacent to an activating group) is 1. The summed E-state index contributed by atoms with van der Waals surface area (Å²) in [5.41, 5.74) is 1.31. The Morgan fingerprint density at radius 2 is 1.87 bits per heavy atom. The highest BCUT2D eigenvalue weighted by Gasteiger charge is 2.19. The Kier molecular flexibility index (Phi) is 5.93. The van der Waals surface area contributed by atoms with Gasteiger partial charge in [0.15, 0.2) is 5.78 Å². The molecule has 1 amide bonds. The van der Waals surface area contributed by atoms with Crippen LogP contribution >= 0.6 is 22.9 Å². The second kappa shape index (κ2) is 7.73. The third-order valence-corrected chi connectivity index (χ3v) is 4.85. The van der Waals surface area contributed by atoms with Crippen LogP contribution in [0.2, 0.25) is 4.34 Å². The van der Waals surface area contributed by atoms with E-state index in [1.807, 2.05) is 31.0 Å². The molecular formula is C17H19ClN2O2S. The molecule has 1 atom stereocenters. The van der Waals surface area contributed by atoms with Gasteiger partial charge in [0.1, 0.15) is 0 Å². The van der Waals surface area contributed by atoms with Crippen LogP contribution < -0.4 is 5.32 Å². The molecule has 0 fully saturated rings. The van der Waals surface area contributed by atoms with Crippen molar-refractivity contribution in [3.05, 3.63) is 51.2 Å². The molecule has 1 aromatic heterocycles. The molecule has 1 aromatic carbocycles. The van der Waals surface area contributed by atoms with Gasteiger partial charge in [-0.15, -0.1) is 11.3 Å². The van der Waals surface area contributed by atoms with E-state index in [1.54, 1.807) is 24.3 Å². The van der Waals surface area contributed by atoms with Gasteiger partial charge in [-0.2, -0.15) is 0 Å². The van der Waals surface area contributed by atoms with E-state index in [0.29, 0.717) is 17.8 Å². The summed E-state index contributed by atoms with van der Waals surface area (Å²) in [6.07, 6.45) is 0. The molecule has 4 nitrogen and oxygen atoms in total. The summed E-state index contributed by atoms with van der Waals surface area (Å²) in [5.74, 6) is -0.0867. The van der Waals surface area contributed by atoms with Crippen LogP contribution in [0.5, 0.6) is 0 Å². The fourth-order valence-electron chi connectivity index (χ4n) is 2.05. The van der Waals surface area contributed by atoms with Crippen LogP contribution in [0, 0.1) is 0 Å². The van der Waals surface area contributed by atoms with E-state index < -0.39 is 0 Å². The number of nitrogens with one attached hydrogen (secondary N) is 1. The average molecular weight is 351 g/mol. The second-order valence-corrected chi connectivity index (χ2v) is 7.22. The van der Waals surface area contributed by atoms with Crippen LogP contribution in [0.25, 0.3) is 0 Å². The number of hydrogen-bond acceptors (Lipinski definition) is 4. The predicted molar refractivity (Wildman–Crippen MR) is 95.3 cm³/mol. The summed E-state index contributed by atoms with van der Waals surface area (Å²) >= 11 is 7.44. The topological polar surface area (TPSA) is 49.4 Å². The number of hydrogen-bond donors (Lipinski definition) is 1. The zero-order chi connectivity index (χ0) is 17.0. The molecule has 0 aliphatic rings. The van der Waals surface area contributed by atoms with Crippen molar-refractivity contribution in [2.75, 3.05) is 12.4 Å². The van der Waals surface area contributed by atoms with E-state index in [4.69, 9.17) is 11.6 Å². The molecule has 23 heavy (non-hydrogen) atoms. The minimum absolute atomic E-state index is 0.00517. The minimum Gasteiger partial charge on any atom is -0.325 e. The van der Waals surface area contributed by atoms with Crippen LogP contribution in [0.1, 0.15) is 29.1 Å². The quantitative estimate of drug-likeness (QED) is 0.799. The number of thiophene rings is 1. The molecule has 2 rings (SSSR count). The normalized spacial score (nSPS) is 12.2. The Labute approximate surface area is 145 Å². The van der Waals surface area contributed by atoms with Crippen molar-refractivity contribution < 1.29 is 9.59 Å². The Bertz CT molecular complexity index is 697. The summed E-state index contributed by atoms with van der Waals surface area (Å²) in [7, 11) is 1.90. The van der Waals surface area contributed by atoms with Crippen molar-refractivity contribution >= 4 is 40.3 Å². The van der Waals surface area contributed by atoms with Gasteiger partial charge in [0, 0.05) is 22.7 Å². The first kappa shape index (κ1) is 17.7. The molecule has 1 N–H and O–H groups in total. The Hall–Kier alpha value is -1.69. The van der Waals surface area contributed by atoms with Crippen LogP contribution in [0.3, 0.4) is 0 Å². The maximum atomic E-state index is 12.3. The van der Waals surface area contributed by atoms with Crippen LogP contribution in [0.4, 0.5) is 5.69 Å². The lowest BCUT2D eigenvalue weighted by Crippen LogP contribution is -2.39. The number of nitrogens with zero attached hydrogens (tertiary/aromatic N) is 1. The third-order valence-electron chi connectivity index (χ3n) is 3.63. The minimum atomic E-state index is -0.289. The number of halogens is 1. The highest BCUT2D eigenvalue weighted by Crippen LogP contribution is 2.23. The average Bonchev–Trinajstić information content (AvgIpc) is 2.92. The molecular weight excluding hydrogens is 332 g/mol. The molecule has 0 aliphatic carbocycles. The fourth-order valence-corrected chi connectivity index (χ4v) is 3.21. The first-order valence-corrected chi connectivity index (χ1v) is 8.42. The van der Waals surface area contributed by atoms with Gasteiger partial charge in [-0.3, -0.25) is 14.5 Å². The number of anilines is 1. The van der Waals surface area contributed by atoms with Crippen molar-refractivity contribution in [1.29, 1.82) is 0 Å². The van der Waals surface area contributed by atoms with Gasteiger partial charge in [0.2, 0.25) is 5.91 Å². The number of amides is 1. The van der Waals surface area contributed by atoms with E-state index in [0.717, 1.165) is 9.21 Å². The lowest BCUT2D eigenvalue weighted by Gasteiger charge is -2.23. The monoisotopic (exact) mass is 350 g/mol. The van der Waals surface area contributed by atoms with Gasteiger partial charge in [-0.25, -0.2) is 0 Å². The maximum absolute atomic E-state index is 12.3. The Morgan fingerprint density at radius 1 is 1.22 bits per heavy atom. The molecule has 0 spiro atoms. The molecule has 0 saturated carbocycles. The predicted octanol–water partition coefficient (Wildman–Crippen LogP) is 4.06. The van der Waals surface area contributed by atoms with Crippen molar-refractivity contribution in [1.82, 2.24) is 4.90 Å². The first-order chi connectivity index (χ1) is 10.9. The molecule has 1 unspecified atom stereocenters. The number of Topliss-reactive ketones (excluding diaryl/α,β-unsaturated/α-hetero) is 1. The smallest absolute Gasteiger partial charge is 0.241 e. The second-order valence-electron chi connectivity index (χ2n) is 5.42. The number of carbonyl (C=O) groups excluding carboxylic acids is 2. The maximum Gasteiger partial charge on any atom is 0.241 e. The number of rotatable bonds is 6. The van der Waals surface area contributed by atoms with Gasteiger partial charge < -0.3 is 5.32 Å². The lowest BCUT2D eigenvalue weighted by molar-refractivity contribution is -0.120. The zero-order valence-corrected chi connectivity index (χ0v) is 14.9. The molecule has 122 valence electrons. The molecule has 6 heteroatoms. The van der Waals surface area contributed by atoms with Crippen molar-refractivity contribution in [3.8, 4) is 0 Å². The highest BCUT2D eigenvalue weighted by molar-refractivity contribution is 7.16. The summed E-state index contributed by atoms with van der Waals surface area (Å²) in [4.78, 5) is 26.6. The number of ketones is 1. The molecule has 0 saturated heterocycles. The summed E-state index contributed by atoms with van der Waals surface area (Å²) < 4.78 is 0.746. The molecule has 2 aromatic rings. The zero-order valence-electron chi connectivity index (χ0n) is 13.3. The van der Waals surface area contributed by atoms with Crippen LogP contribution in [-0.2, 0) is 11.3 Å². The SMILES string of the molecule is CC(=O)c1ccc(NC(=O)C(C)N(C)Cc2ccc(Cl)s2)cc1. The summed E-state index contributed by atoms with van der Waals surface area (Å²) in [6.45, 7) is 4.03. The molecule has 0 radical (unpaired) electrons. The lowest BCUT2D eigenvalue weighted by atomic mass is 10.1. The first-order valence-electron chi connectivity index (χ1n) is 7.23. The highest BCUT2D eigenvalue weighted by atomic mass is 35.5. The van der Waals surface area contributed by atoms with E-state index in [2.05, 4.69) is 5.32 Å². The van der Waals surface area contributed by atoms with Gasteiger partial charge in [0.25, 0.3) is 0 Å². The molecule has 0 bridgehead atoms. The summed E-state index contributed by atoms with van der Waals surface area (Å²) in [6, 6.07) is 10.4. The van der Waals surface area contributed by atoms with Gasteiger partial charge in [-0.1, -0.05) is 11.6 Å². The molecule has 1 heterocycles. The van der Waals surface area contributed by atoms with E-state index in [9.17, 15) is 9.59 Å². The van der Waals surface area contributed by atoms with Crippen LogP contribution in [0.15, 0.2) is 36.4 Å². The largest absolute Gasteiger partial charge is 0.325 e. The van der Waals surface area contributed by atoms with Crippen molar-refractivity contribution in [2.24, 2.45) is 0 Å². The molecule has 0 aliphatic heterocycles. The van der Waals surface area contributed by atoms with Crippen LogP contribution in [-0.4, -0.2) is 29.7 Å². The summed E-state index contributed by atoms with van der Waals surface area (Å²) in [5, 5.41) is 2.87. The van der Waals surface area contributed by atoms with E-state index in [1.165, 1.54) is 18.3 Å². The number of carbonyl (C=O) groups is 2. The third kappa shape index (κ3) is 4.89. The van der Waals surface area contributed by atoms with Gasteiger partial charge in [0.05, 0.1) is 10.4 Å².